The van der Waals surface area contributed by atoms with E-state index < -0.39 is 10.0 Å². The van der Waals surface area contributed by atoms with Gasteiger partial charge in [0.15, 0.2) is 0 Å². The molecular formula is C18H22N2O4S. The predicted molar refractivity (Wildman–Crippen MR) is 93.8 cm³/mol. The van der Waals surface area contributed by atoms with Crippen LogP contribution in [-0.2, 0) is 14.8 Å². The molecule has 2 aromatic rings. The number of benzene rings is 1. The molecule has 134 valence electrons. The van der Waals surface area contributed by atoms with E-state index in [-0.39, 0.29) is 16.9 Å². The fourth-order valence-corrected chi connectivity index (χ4v) is 4.38. The highest BCUT2D eigenvalue weighted by molar-refractivity contribution is 7.89. The zero-order valence-electron chi connectivity index (χ0n) is 14.1. The topological polar surface area (TPSA) is 77.5 Å². The Balaban J connectivity index is 1.90. The Labute approximate surface area is 148 Å². The summed E-state index contributed by atoms with van der Waals surface area (Å²) in [5.74, 6) is 0.671. The van der Waals surface area contributed by atoms with Gasteiger partial charge in [-0.3, -0.25) is 4.98 Å². The SMILES string of the molecule is COc1cccc(S(=O)(=O)NC(c2cccnc2)C2CCOCC2)c1. The van der Waals surface area contributed by atoms with Crippen LogP contribution in [0, 0.1) is 5.92 Å². The van der Waals surface area contributed by atoms with E-state index in [2.05, 4.69) is 9.71 Å². The van der Waals surface area contributed by atoms with Gasteiger partial charge in [0.1, 0.15) is 5.75 Å². The van der Waals surface area contributed by atoms with E-state index >= 15 is 0 Å². The van der Waals surface area contributed by atoms with E-state index in [9.17, 15) is 8.42 Å². The molecule has 0 spiro atoms. The van der Waals surface area contributed by atoms with Crippen molar-refractivity contribution >= 4 is 10.0 Å². The van der Waals surface area contributed by atoms with Crippen LogP contribution in [0.4, 0.5) is 0 Å². The summed E-state index contributed by atoms with van der Waals surface area (Å²) in [6, 6.07) is 9.86. The van der Waals surface area contributed by atoms with Gasteiger partial charge in [0.2, 0.25) is 10.0 Å². The number of nitrogens with one attached hydrogen (secondary N) is 1. The Bertz CT molecular complexity index is 790. The average molecular weight is 362 g/mol. The Hall–Kier alpha value is -1.96. The molecule has 1 aromatic heterocycles. The zero-order valence-corrected chi connectivity index (χ0v) is 14.9. The zero-order chi connectivity index (χ0) is 17.7. The van der Waals surface area contributed by atoms with Gasteiger partial charge in [-0.15, -0.1) is 0 Å². The van der Waals surface area contributed by atoms with Gasteiger partial charge >= 0.3 is 0 Å². The van der Waals surface area contributed by atoms with Gasteiger partial charge in [-0.1, -0.05) is 12.1 Å². The summed E-state index contributed by atoms with van der Waals surface area (Å²) in [5, 5.41) is 0. The van der Waals surface area contributed by atoms with Crippen LogP contribution in [-0.4, -0.2) is 33.7 Å². The number of nitrogens with zero attached hydrogens (tertiary/aromatic N) is 1. The van der Waals surface area contributed by atoms with Crippen LogP contribution in [0.2, 0.25) is 0 Å². The van der Waals surface area contributed by atoms with E-state index in [0.717, 1.165) is 18.4 Å². The number of pyridine rings is 1. The summed E-state index contributed by atoms with van der Waals surface area (Å²) in [4.78, 5) is 4.33. The first-order chi connectivity index (χ1) is 12.1. The number of hydrogen-bond donors (Lipinski definition) is 1. The molecule has 0 amide bonds. The van der Waals surface area contributed by atoms with Crippen molar-refractivity contribution in [3.63, 3.8) is 0 Å². The second kappa shape index (κ2) is 7.95. The van der Waals surface area contributed by atoms with Gasteiger partial charge in [-0.25, -0.2) is 13.1 Å². The van der Waals surface area contributed by atoms with Crippen LogP contribution in [0.25, 0.3) is 0 Å². The lowest BCUT2D eigenvalue weighted by molar-refractivity contribution is 0.0564. The van der Waals surface area contributed by atoms with Gasteiger partial charge < -0.3 is 9.47 Å². The van der Waals surface area contributed by atoms with Crippen molar-refractivity contribution in [3.05, 3.63) is 54.4 Å². The Morgan fingerprint density at radius 3 is 2.72 bits per heavy atom. The smallest absolute Gasteiger partial charge is 0.241 e. The normalized spacial score (nSPS) is 17.2. The number of methoxy groups -OCH3 is 1. The molecule has 1 aliphatic rings. The molecule has 1 unspecified atom stereocenters. The molecule has 0 radical (unpaired) electrons. The van der Waals surface area contributed by atoms with Crippen molar-refractivity contribution < 1.29 is 17.9 Å². The van der Waals surface area contributed by atoms with E-state index in [1.54, 1.807) is 30.6 Å². The third kappa shape index (κ3) is 4.36. The van der Waals surface area contributed by atoms with Crippen LogP contribution in [0.5, 0.6) is 5.75 Å². The van der Waals surface area contributed by atoms with Crippen molar-refractivity contribution in [1.29, 1.82) is 0 Å². The molecular weight excluding hydrogens is 340 g/mol. The van der Waals surface area contributed by atoms with Crippen LogP contribution >= 0.6 is 0 Å². The van der Waals surface area contributed by atoms with Crippen LogP contribution in [0.15, 0.2) is 53.7 Å². The molecule has 1 fully saturated rings. The van der Waals surface area contributed by atoms with Crippen LogP contribution in [0.1, 0.15) is 24.4 Å². The van der Waals surface area contributed by atoms with E-state index in [1.165, 1.54) is 13.2 Å². The average Bonchev–Trinajstić information content (AvgIpc) is 2.67. The minimum absolute atomic E-state index is 0.165. The predicted octanol–water partition coefficient (Wildman–Crippen LogP) is 2.54. The van der Waals surface area contributed by atoms with Crippen molar-refractivity contribution in [2.75, 3.05) is 20.3 Å². The molecule has 1 aromatic carbocycles. The molecule has 2 heterocycles. The number of rotatable bonds is 6. The number of ether oxygens (including phenoxy) is 2. The maximum atomic E-state index is 12.9. The molecule has 0 bridgehead atoms. The van der Waals surface area contributed by atoms with Crippen molar-refractivity contribution in [2.24, 2.45) is 5.92 Å². The van der Waals surface area contributed by atoms with Gasteiger partial charge in [-0.2, -0.15) is 0 Å². The summed E-state index contributed by atoms with van der Waals surface area (Å²) in [6.07, 6.45) is 5.01. The molecule has 1 saturated heterocycles. The monoisotopic (exact) mass is 362 g/mol. The summed E-state index contributed by atoms with van der Waals surface area (Å²) < 4.78 is 39.2. The highest BCUT2D eigenvalue weighted by atomic mass is 32.2. The largest absolute Gasteiger partial charge is 0.497 e. The maximum Gasteiger partial charge on any atom is 0.241 e. The highest BCUT2D eigenvalue weighted by Gasteiger charge is 2.30. The number of sulfonamides is 1. The summed E-state index contributed by atoms with van der Waals surface area (Å²) in [7, 11) is -2.17. The fourth-order valence-electron chi connectivity index (χ4n) is 3.05. The van der Waals surface area contributed by atoms with Gasteiger partial charge in [0.05, 0.1) is 18.0 Å². The van der Waals surface area contributed by atoms with Crippen molar-refractivity contribution in [2.45, 2.75) is 23.8 Å². The lowest BCUT2D eigenvalue weighted by Crippen LogP contribution is -2.36. The standard InChI is InChI=1S/C18H22N2O4S/c1-23-16-5-2-6-17(12-16)25(21,22)20-18(14-7-10-24-11-8-14)15-4-3-9-19-13-15/h2-6,9,12-14,18,20H,7-8,10-11H2,1H3. The van der Waals surface area contributed by atoms with Crippen LogP contribution in [0.3, 0.4) is 0 Å². The molecule has 1 aliphatic heterocycles. The quantitative estimate of drug-likeness (QED) is 0.854. The second-order valence-electron chi connectivity index (χ2n) is 6.01. The van der Waals surface area contributed by atoms with E-state index in [4.69, 9.17) is 9.47 Å². The summed E-state index contributed by atoms with van der Waals surface area (Å²) >= 11 is 0. The Kier molecular flexibility index (Phi) is 5.67. The number of aromatic nitrogens is 1. The van der Waals surface area contributed by atoms with E-state index in [0.29, 0.717) is 19.0 Å². The van der Waals surface area contributed by atoms with Crippen molar-refractivity contribution in [1.82, 2.24) is 9.71 Å². The van der Waals surface area contributed by atoms with Gasteiger partial charge in [-0.05, 0) is 42.5 Å². The van der Waals surface area contributed by atoms with E-state index in [1.807, 2.05) is 12.1 Å². The first-order valence-corrected chi connectivity index (χ1v) is 9.72. The third-order valence-electron chi connectivity index (χ3n) is 4.41. The molecule has 0 aliphatic carbocycles. The second-order valence-corrected chi connectivity index (χ2v) is 7.73. The molecule has 1 N–H and O–H groups in total. The number of hydrogen-bond acceptors (Lipinski definition) is 5. The molecule has 1 atom stereocenters. The molecule has 7 heteroatoms. The van der Waals surface area contributed by atoms with Crippen molar-refractivity contribution in [3.8, 4) is 5.75 Å². The summed E-state index contributed by atoms with van der Waals surface area (Å²) in [5.41, 5.74) is 0.862. The lowest BCUT2D eigenvalue weighted by Gasteiger charge is -2.31. The first kappa shape index (κ1) is 17.8. The lowest BCUT2D eigenvalue weighted by atomic mass is 9.88. The van der Waals surface area contributed by atoms with Gasteiger partial charge in [0, 0.05) is 31.7 Å². The third-order valence-corrected chi connectivity index (χ3v) is 5.85. The first-order valence-electron chi connectivity index (χ1n) is 8.24. The molecule has 3 rings (SSSR count). The Morgan fingerprint density at radius 1 is 1.24 bits per heavy atom. The van der Waals surface area contributed by atoms with Crippen LogP contribution < -0.4 is 9.46 Å². The molecule has 6 nitrogen and oxygen atoms in total. The van der Waals surface area contributed by atoms with Gasteiger partial charge in [0.25, 0.3) is 0 Å². The minimum atomic E-state index is -3.69. The minimum Gasteiger partial charge on any atom is -0.497 e. The molecule has 0 saturated carbocycles. The Morgan fingerprint density at radius 2 is 2.04 bits per heavy atom. The molecule has 25 heavy (non-hydrogen) atoms. The maximum absolute atomic E-state index is 12.9. The highest BCUT2D eigenvalue weighted by Crippen LogP contribution is 2.31. The fraction of sp³-hybridized carbons (Fsp3) is 0.389. The summed E-state index contributed by atoms with van der Waals surface area (Å²) in [6.45, 7) is 1.28.